The fourth-order valence-corrected chi connectivity index (χ4v) is 1.99. The Bertz CT molecular complexity index is 489. The number of sulfonamides is 1. The average molecular weight is 243 g/mol. The molecule has 1 rings (SSSR count). The first-order chi connectivity index (χ1) is 7.11. The van der Waals surface area contributed by atoms with Gasteiger partial charge in [-0.3, -0.25) is 0 Å². The first-order valence-electron chi connectivity index (χ1n) is 4.81. The minimum Gasteiger partial charge on any atom is -0.396 e. The molecule has 0 saturated heterocycles. The summed E-state index contributed by atoms with van der Waals surface area (Å²) in [5.41, 5.74) is 6.27. The first-order valence-corrected chi connectivity index (χ1v) is 6.35. The second-order valence-corrected chi connectivity index (χ2v) is 6.17. The van der Waals surface area contributed by atoms with Gasteiger partial charge in [0.25, 0.3) is 0 Å². The van der Waals surface area contributed by atoms with Crippen LogP contribution in [0.2, 0.25) is 0 Å². The topological polar surface area (TPSA) is 98.2 Å². The number of para-hydroxylation sites is 1. The van der Waals surface area contributed by atoms with Gasteiger partial charge in [-0.25, -0.2) is 13.6 Å². The number of benzene rings is 1. The average Bonchev–Trinajstić information content (AvgIpc) is 2.04. The van der Waals surface area contributed by atoms with Crippen molar-refractivity contribution in [3.05, 3.63) is 18.2 Å². The number of rotatable bonds is 2. The Balaban J connectivity index is 3.25. The molecular weight excluding hydrogens is 226 g/mol. The highest BCUT2D eigenvalue weighted by Gasteiger charge is 2.17. The van der Waals surface area contributed by atoms with E-state index < -0.39 is 10.0 Å². The SMILES string of the molecule is CC(C)(C)Nc1cccc(S(N)(=O)=O)c1N. The Morgan fingerprint density at radius 1 is 1.25 bits per heavy atom. The van der Waals surface area contributed by atoms with E-state index in [9.17, 15) is 8.42 Å². The highest BCUT2D eigenvalue weighted by molar-refractivity contribution is 7.89. The van der Waals surface area contributed by atoms with Crippen molar-refractivity contribution in [2.24, 2.45) is 5.14 Å². The van der Waals surface area contributed by atoms with E-state index in [-0.39, 0.29) is 16.1 Å². The molecule has 5 nitrogen and oxygen atoms in total. The number of nitrogen functional groups attached to an aromatic ring is 1. The molecule has 0 aliphatic rings. The lowest BCUT2D eigenvalue weighted by Crippen LogP contribution is -2.27. The molecule has 0 aromatic heterocycles. The first kappa shape index (κ1) is 12.8. The van der Waals surface area contributed by atoms with Crippen LogP contribution in [0.3, 0.4) is 0 Å². The van der Waals surface area contributed by atoms with Crippen molar-refractivity contribution >= 4 is 21.4 Å². The van der Waals surface area contributed by atoms with Gasteiger partial charge in [0.05, 0.1) is 11.4 Å². The molecule has 0 spiro atoms. The fourth-order valence-electron chi connectivity index (χ4n) is 1.31. The van der Waals surface area contributed by atoms with Gasteiger partial charge in [-0.1, -0.05) is 6.07 Å². The summed E-state index contributed by atoms with van der Waals surface area (Å²) in [7, 11) is -3.78. The van der Waals surface area contributed by atoms with Crippen molar-refractivity contribution in [2.45, 2.75) is 31.2 Å². The molecule has 1 aromatic carbocycles. The predicted octanol–water partition coefficient (Wildman–Crippen LogP) is 1.13. The van der Waals surface area contributed by atoms with Gasteiger partial charge < -0.3 is 11.1 Å². The number of hydrogen-bond acceptors (Lipinski definition) is 4. The van der Waals surface area contributed by atoms with Gasteiger partial charge in [0.1, 0.15) is 4.90 Å². The van der Waals surface area contributed by atoms with E-state index in [2.05, 4.69) is 5.32 Å². The molecule has 0 aliphatic carbocycles. The number of primary sulfonamides is 1. The van der Waals surface area contributed by atoms with Crippen molar-refractivity contribution < 1.29 is 8.42 Å². The van der Waals surface area contributed by atoms with Gasteiger partial charge in [-0.05, 0) is 32.9 Å². The van der Waals surface area contributed by atoms with E-state index in [0.717, 1.165) is 0 Å². The summed E-state index contributed by atoms with van der Waals surface area (Å²) in [5, 5.41) is 8.17. The normalized spacial score (nSPS) is 12.5. The van der Waals surface area contributed by atoms with E-state index in [1.165, 1.54) is 6.07 Å². The van der Waals surface area contributed by atoms with Crippen LogP contribution >= 0.6 is 0 Å². The molecule has 1 aromatic rings. The quantitative estimate of drug-likeness (QED) is 0.678. The number of nitrogens with two attached hydrogens (primary N) is 2. The van der Waals surface area contributed by atoms with Crippen LogP contribution in [0.5, 0.6) is 0 Å². The molecule has 0 bridgehead atoms. The number of anilines is 2. The summed E-state index contributed by atoms with van der Waals surface area (Å²) in [6.07, 6.45) is 0. The Kier molecular flexibility index (Phi) is 3.16. The molecule has 0 aliphatic heterocycles. The van der Waals surface area contributed by atoms with Crippen molar-refractivity contribution in [1.29, 1.82) is 0 Å². The third kappa shape index (κ3) is 3.11. The molecule has 6 heteroatoms. The second kappa shape index (κ2) is 3.95. The predicted molar refractivity (Wildman–Crippen MR) is 65.6 cm³/mol. The zero-order valence-electron chi connectivity index (χ0n) is 9.61. The molecule has 16 heavy (non-hydrogen) atoms. The lowest BCUT2D eigenvalue weighted by molar-refractivity contribution is 0.598. The fraction of sp³-hybridized carbons (Fsp3) is 0.400. The molecule has 0 saturated carbocycles. The van der Waals surface area contributed by atoms with Crippen molar-refractivity contribution in [3.63, 3.8) is 0 Å². The maximum absolute atomic E-state index is 11.2. The summed E-state index contributed by atoms with van der Waals surface area (Å²) < 4.78 is 22.5. The van der Waals surface area contributed by atoms with E-state index in [0.29, 0.717) is 5.69 Å². The van der Waals surface area contributed by atoms with Crippen LogP contribution in [0.15, 0.2) is 23.1 Å². The van der Waals surface area contributed by atoms with Crippen LogP contribution in [-0.2, 0) is 10.0 Å². The molecule has 0 amide bonds. The van der Waals surface area contributed by atoms with Gasteiger partial charge >= 0.3 is 0 Å². The molecule has 0 heterocycles. The lowest BCUT2D eigenvalue weighted by atomic mass is 10.1. The van der Waals surface area contributed by atoms with Crippen molar-refractivity contribution in [3.8, 4) is 0 Å². The summed E-state index contributed by atoms with van der Waals surface area (Å²) >= 11 is 0. The van der Waals surface area contributed by atoms with Gasteiger partial charge in [-0.15, -0.1) is 0 Å². The third-order valence-electron chi connectivity index (χ3n) is 1.88. The number of hydrogen-bond donors (Lipinski definition) is 3. The molecule has 90 valence electrons. The molecule has 0 unspecified atom stereocenters. The second-order valence-electron chi connectivity index (χ2n) is 4.64. The van der Waals surface area contributed by atoms with Crippen LogP contribution in [0.4, 0.5) is 11.4 Å². The summed E-state index contributed by atoms with van der Waals surface area (Å²) in [6.45, 7) is 5.86. The minimum absolute atomic E-state index is 0.0539. The van der Waals surface area contributed by atoms with Crippen LogP contribution in [0.1, 0.15) is 20.8 Å². The Morgan fingerprint density at radius 2 is 1.81 bits per heavy atom. The van der Waals surface area contributed by atoms with Crippen molar-refractivity contribution in [1.82, 2.24) is 0 Å². The molecular formula is C10H17N3O2S. The third-order valence-corrected chi connectivity index (χ3v) is 2.85. The monoisotopic (exact) mass is 243 g/mol. The Hall–Kier alpha value is -1.27. The van der Waals surface area contributed by atoms with E-state index in [4.69, 9.17) is 10.9 Å². The number of nitrogens with one attached hydrogen (secondary N) is 1. The highest BCUT2D eigenvalue weighted by atomic mass is 32.2. The van der Waals surface area contributed by atoms with Crippen LogP contribution < -0.4 is 16.2 Å². The van der Waals surface area contributed by atoms with Gasteiger partial charge in [-0.2, -0.15) is 0 Å². The largest absolute Gasteiger partial charge is 0.396 e. The standard InChI is InChI=1S/C10H17N3O2S/c1-10(2,3)13-7-5-4-6-8(9(7)11)16(12,14)15/h4-6,13H,11H2,1-3H3,(H2,12,14,15). The maximum Gasteiger partial charge on any atom is 0.240 e. The van der Waals surface area contributed by atoms with Crippen molar-refractivity contribution in [2.75, 3.05) is 11.1 Å². The van der Waals surface area contributed by atoms with Crippen LogP contribution in [0, 0.1) is 0 Å². The highest BCUT2D eigenvalue weighted by Crippen LogP contribution is 2.27. The molecule has 0 fully saturated rings. The van der Waals surface area contributed by atoms with Gasteiger partial charge in [0.2, 0.25) is 10.0 Å². The van der Waals surface area contributed by atoms with E-state index in [1.54, 1.807) is 12.1 Å². The maximum atomic E-state index is 11.2. The Morgan fingerprint density at radius 3 is 2.25 bits per heavy atom. The summed E-state index contributed by atoms with van der Waals surface area (Å²) in [4.78, 5) is -0.0539. The van der Waals surface area contributed by atoms with Crippen LogP contribution in [-0.4, -0.2) is 14.0 Å². The molecule has 0 atom stereocenters. The minimum atomic E-state index is -3.78. The lowest BCUT2D eigenvalue weighted by Gasteiger charge is -2.23. The van der Waals surface area contributed by atoms with Gasteiger partial charge in [0.15, 0.2) is 0 Å². The zero-order chi connectivity index (χ0) is 12.6. The summed E-state index contributed by atoms with van der Waals surface area (Å²) in [6, 6.07) is 4.71. The smallest absolute Gasteiger partial charge is 0.240 e. The molecule has 5 N–H and O–H groups in total. The Labute approximate surface area is 95.9 Å². The van der Waals surface area contributed by atoms with E-state index in [1.807, 2.05) is 20.8 Å². The summed E-state index contributed by atoms with van der Waals surface area (Å²) in [5.74, 6) is 0. The van der Waals surface area contributed by atoms with Crippen LogP contribution in [0.25, 0.3) is 0 Å². The van der Waals surface area contributed by atoms with E-state index >= 15 is 0 Å². The molecule has 0 radical (unpaired) electrons. The van der Waals surface area contributed by atoms with Gasteiger partial charge in [0, 0.05) is 5.54 Å². The zero-order valence-corrected chi connectivity index (χ0v) is 10.4.